The number of likely N-dealkylation sites (N-methyl/N-ethyl adjacent to an activating group) is 1. The van der Waals surface area contributed by atoms with Crippen LogP contribution in [0, 0.1) is 0 Å². The van der Waals surface area contributed by atoms with Gasteiger partial charge in [-0.15, -0.1) is 0 Å². The number of rotatable bonds is 4. The number of aromatic hydroxyl groups is 1. The lowest BCUT2D eigenvalue weighted by molar-refractivity contribution is 0.0646. The van der Waals surface area contributed by atoms with Crippen LogP contribution in [0.15, 0.2) is 71.7 Å². The molecule has 2 aromatic carbocycles. The monoisotopic (exact) mass is 375 g/mol. The lowest BCUT2D eigenvalue weighted by atomic mass is 9.83. The van der Waals surface area contributed by atoms with Crippen LogP contribution in [0.5, 0.6) is 5.75 Å². The fraction of sp³-hybridized carbons (Fsp3) is 0.227. The standard InChI is InChI=1S/C22H21N3O3/c1-2-24-14-17(25-20(22(24)28)21(27)18(26)13-23-25)19(15-9-5-3-6-10-15)16-11-7-4-8-12-16/h3-13,17,19,27H,2,14H2,1H3. The smallest absolute Gasteiger partial charge is 0.276 e. The third-order valence-corrected chi connectivity index (χ3v) is 5.28. The minimum absolute atomic E-state index is 0.0394. The molecule has 1 aliphatic heterocycles. The molecule has 0 fully saturated rings. The van der Waals surface area contributed by atoms with Gasteiger partial charge in [-0.1, -0.05) is 60.7 Å². The Hall–Kier alpha value is -3.41. The fourth-order valence-electron chi connectivity index (χ4n) is 3.92. The zero-order chi connectivity index (χ0) is 19.7. The third-order valence-electron chi connectivity index (χ3n) is 5.28. The second kappa shape index (κ2) is 7.31. The Morgan fingerprint density at radius 3 is 2.14 bits per heavy atom. The Morgan fingerprint density at radius 2 is 1.61 bits per heavy atom. The summed E-state index contributed by atoms with van der Waals surface area (Å²) in [4.78, 5) is 26.4. The van der Waals surface area contributed by atoms with Gasteiger partial charge in [0.2, 0.25) is 5.43 Å². The molecule has 3 aromatic rings. The van der Waals surface area contributed by atoms with Crippen molar-refractivity contribution in [3.05, 3.63) is 93.9 Å². The first-order chi connectivity index (χ1) is 13.6. The van der Waals surface area contributed by atoms with Crippen LogP contribution < -0.4 is 5.43 Å². The van der Waals surface area contributed by atoms with E-state index >= 15 is 0 Å². The lowest BCUT2D eigenvalue weighted by Gasteiger charge is -2.38. The summed E-state index contributed by atoms with van der Waals surface area (Å²) in [5, 5.41) is 14.6. The topological polar surface area (TPSA) is 75.4 Å². The van der Waals surface area contributed by atoms with E-state index in [0.717, 1.165) is 17.3 Å². The van der Waals surface area contributed by atoms with E-state index in [1.54, 1.807) is 4.90 Å². The zero-order valence-corrected chi connectivity index (χ0v) is 15.5. The van der Waals surface area contributed by atoms with Crippen molar-refractivity contribution < 1.29 is 9.90 Å². The molecule has 4 rings (SSSR count). The summed E-state index contributed by atoms with van der Waals surface area (Å²) < 4.78 is 1.52. The van der Waals surface area contributed by atoms with E-state index in [-0.39, 0.29) is 23.6 Å². The van der Waals surface area contributed by atoms with Crippen molar-refractivity contribution >= 4 is 5.91 Å². The highest BCUT2D eigenvalue weighted by molar-refractivity contribution is 5.95. The predicted molar refractivity (Wildman–Crippen MR) is 106 cm³/mol. The third kappa shape index (κ3) is 2.97. The SMILES string of the molecule is CCN1CC(C(c2ccccc2)c2ccccc2)n2ncc(=O)c(O)c2C1=O. The molecular weight excluding hydrogens is 354 g/mol. The second-order valence-corrected chi connectivity index (χ2v) is 6.86. The number of amides is 1. The molecule has 6 nitrogen and oxygen atoms in total. The molecule has 142 valence electrons. The summed E-state index contributed by atoms with van der Waals surface area (Å²) in [6, 6.07) is 19.8. The van der Waals surface area contributed by atoms with E-state index in [2.05, 4.69) is 5.10 Å². The number of fused-ring (bicyclic) bond motifs is 1. The maximum atomic E-state index is 12.8. The van der Waals surface area contributed by atoms with Gasteiger partial charge >= 0.3 is 0 Å². The van der Waals surface area contributed by atoms with Crippen molar-refractivity contribution in [2.75, 3.05) is 13.1 Å². The highest BCUT2D eigenvalue weighted by Crippen LogP contribution is 2.39. The van der Waals surface area contributed by atoms with Crippen LogP contribution in [0.25, 0.3) is 0 Å². The van der Waals surface area contributed by atoms with Crippen LogP contribution in [-0.2, 0) is 0 Å². The summed E-state index contributed by atoms with van der Waals surface area (Å²) in [6.45, 7) is 2.80. The molecule has 0 saturated carbocycles. The molecule has 0 saturated heterocycles. The summed E-state index contributed by atoms with van der Waals surface area (Å²) in [5.74, 6) is -1.01. The number of hydrogen-bond acceptors (Lipinski definition) is 4. The Balaban J connectivity index is 1.94. The van der Waals surface area contributed by atoms with Crippen molar-refractivity contribution in [2.45, 2.75) is 18.9 Å². The van der Waals surface area contributed by atoms with Gasteiger partial charge in [0.15, 0.2) is 11.4 Å². The maximum Gasteiger partial charge on any atom is 0.276 e. The minimum atomic E-state index is -0.646. The van der Waals surface area contributed by atoms with Crippen LogP contribution >= 0.6 is 0 Å². The Morgan fingerprint density at radius 1 is 1.04 bits per heavy atom. The van der Waals surface area contributed by atoms with Crippen LogP contribution in [-0.4, -0.2) is 38.8 Å². The van der Waals surface area contributed by atoms with Gasteiger partial charge in [0.05, 0.1) is 12.2 Å². The van der Waals surface area contributed by atoms with Gasteiger partial charge in [0, 0.05) is 19.0 Å². The highest BCUT2D eigenvalue weighted by atomic mass is 16.3. The molecule has 0 radical (unpaired) electrons. The quantitative estimate of drug-likeness (QED) is 0.761. The zero-order valence-electron chi connectivity index (χ0n) is 15.5. The molecule has 1 aromatic heterocycles. The van der Waals surface area contributed by atoms with Gasteiger partial charge in [-0.3, -0.25) is 14.3 Å². The first kappa shape index (κ1) is 18.0. The first-order valence-corrected chi connectivity index (χ1v) is 9.31. The highest BCUT2D eigenvalue weighted by Gasteiger charge is 2.38. The van der Waals surface area contributed by atoms with E-state index in [4.69, 9.17) is 0 Å². The lowest BCUT2D eigenvalue weighted by Crippen LogP contribution is -2.46. The number of carbonyl (C=O) groups is 1. The van der Waals surface area contributed by atoms with Crippen LogP contribution in [0.2, 0.25) is 0 Å². The normalized spacial score (nSPS) is 16.3. The van der Waals surface area contributed by atoms with Crippen molar-refractivity contribution in [1.82, 2.24) is 14.7 Å². The van der Waals surface area contributed by atoms with Crippen LogP contribution in [0.4, 0.5) is 0 Å². The first-order valence-electron chi connectivity index (χ1n) is 9.31. The molecule has 1 amide bonds. The van der Waals surface area contributed by atoms with Crippen LogP contribution in [0.3, 0.4) is 0 Å². The average molecular weight is 375 g/mol. The second-order valence-electron chi connectivity index (χ2n) is 6.86. The van der Waals surface area contributed by atoms with Crippen molar-refractivity contribution in [3.63, 3.8) is 0 Å². The Kier molecular flexibility index (Phi) is 4.69. The molecule has 1 unspecified atom stereocenters. The van der Waals surface area contributed by atoms with Gasteiger partial charge < -0.3 is 10.0 Å². The molecule has 0 spiro atoms. The fourth-order valence-corrected chi connectivity index (χ4v) is 3.92. The van der Waals surface area contributed by atoms with Gasteiger partial charge in [-0.2, -0.15) is 5.10 Å². The van der Waals surface area contributed by atoms with E-state index in [9.17, 15) is 14.7 Å². The van der Waals surface area contributed by atoms with Gasteiger partial charge in [0.25, 0.3) is 5.91 Å². The van der Waals surface area contributed by atoms with Crippen molar-refractivity contribution in [3.8, 4) is 5.75 Å². The average Bonchev–Trinajstić information content (AvgIpc) is 2.73. The summed E-state index contributed by atoms with van der Waals surface area (Å²) in [7, 11) is 0. The molecule has 0 aliphatic carbocycles. The summed E-state index contributed by atoms with van der Waals surface area (Å²) >= 11 is 0. The predicted octanol–water partition coefficient (Wildman–Crippen LogP) is 2.80. The minimum Gasteiger partial charge on any atom is -0.502 e. The van der Waals surface area contributed by atoms with Crippen LogP contribution in [0.1, 0.15) is 40.5 Å². The molecule has 6 heteroatoms. The Labute approximate surface area is 162 Å². The number of hydrogen-bond donors (Lipinski definition) is 1. The maximum absolute atomic E-state index is 12.8. The van der Waals surface area contributed by atoms with E-state index in [1.807, 2.05) is 67.6 Å². The number of nitrogens with zero attached hydrogens (tertiary/aromatic N) is 3. The van der Waals surface area contributed by atoms with E-state index in [0.29, 0.717) is 13.1 Å². The molecular formula is C22H21N3O3. The van der Waals surface area contributed by atoms with E-state index < -0.39 is 11.2 Å². The number of carbonyl (C=O) groups excluding carboxylic acids is 1. The van der Waals surface area contributed by atoms with Gasteiger partial charge in [0.1, 0.15) is 0 Å². The number of aromatic nitrogens is 2. The molecule has 1 atom stereocenters. The molecule has 1 aliphatic rings. The molecule has 0 bridgehead atoms. The molecule has 2 heterocycles. The molecule has 28 heavy (non-hydrogen) atoms. The number of benzene rings is 2. The summed E-state index contributed by atoms with van der Waals surface area (Å²) in [6.07, 6.45) is 1.08. The Bertz CT molecular complexity index is 1010. The van der Waals surface area contributed by atoms with Gasteiger partial charge in [-0.25, -0.2) is 0 Å². The molecule has 1 N–H and O–H groups in total. The summed E-state index contributed by atoms with van der Waals surface area (Å²) in [5.41, 5.74) is 1.47. The largest absolute Gasteiger partial charge is 0.502 e. The van der Waals surface area contributed by atoms with Crippen molar-refractivity contribution in [2.24, 2.45) is 0 Å². The van der Waals surface area contributed by atoms with Crippen molar-refractivity contribution in [1.29, 1.82) is 0 Å². The van der Waals surface area contributed by atoms with E-state index in [1.165, 1.54) is 4.68 Å². The van der Waals surface area contributed by atoms with Gasteiger partial charge in [-0.05, 0) is 18.1 Å².